The van der Waals surface area contributed by atoms with E-state index in [4.69, 9.17) is 5.11 Å². The lowest BCUT2D eigenvalue weighted by Gasteiger charge is -2.20. The maximum absolute atomic E-state index is 11.8. The summed E-state index contributed by atoms with van der Waals surface area (Å²) in [6, 6.07) is 7.62. The summed E-state index contributed by atoms with van der Waals surface area (Å²) in [7, 11) is 2.00. The van der Waals surface area contributed by atoms with E-state index in [-0.39, 0.29) is 18.9 Å². The number of carbonyl (C=O) groups excluding carboxylic acids is 1. The number of benzene rings is 1. The zero-order valence-corrected chi connectivity index (χ0v) is 11.2. The number of carbonyl (C=O) groups is 2. The summed E-state index contributed by atoms with van der Waals surface area (Å²) in [6.45, 7) is 3.23. The summed E-state index contributed by atoms with van der Waals surface area (Å²) in [6.07, 6.45) is 0.0892. The number of hydrogen-bond acceptors (Lipinski definition) is 3. The van der Waals surface area contributed by atoms with Crippen LogP contribution in [-0.2, 0) is 9.59 Å². The molecule has 1 amide bonds. The highest BCUT2D eigenvalue weighted by Gasteiger charge is 2.34. The van der Waals surface area contributed by atoms with E-state index >= 15 is 0 Å². The molecule has 1 N–H and O–H groups in total. The van der Waals surface area contributed by atoms with E-state index in [1.807, 2.05) is 31.3 Å². The van der Waals surface area contributed by atoms with Gasteiger partial charge >= 0.3 is 5.97 Å². The number of aliphatic carboxylic acids is 1. The first kappa shape index (κ1) is 13.4. The first-order valence-electron chi connectivity index (χ1n) is 6.37. The fourth-order valence-electron chi connectivity index (χ4n) is 2.19. The zero-order chi connectivity index (χ0) is 14.0. The van der Waals surface area contributed by atoms with Gasteiger partial charge in [-0.1, -0.05) is 0 Å². The van der Waals surface area contributed by atoms with Gasteiger partial charge in [0.05, 0.1) is 5.92 Å². The highest BCUT2D eigenvalue weighted by Crippen LogP contribution is 2.27. The maximum atomic E-state index is 11.8. The molecule has 5 heteroatoms. The molecule has 0 bridgehead atoms. The molecular weight excluding hydrogens is 244 g/mol. The van der Waals surface area contributed by atoms with Crippen LogP contribution in [0.2, 0.25) is 0 Å². The molecule has 5 nitrogen and oxygen atoms in total. The quantitative estimate of drug-likeness (QED) is 0.895. The van der Waals surface area contributed by atoms with E-state index in [0.717, 1.165) is 17.9 Å². The monoisotopic (exact) mass is 262 g/mol. The summed E-state index contributed by atoms with van der Waals surface area (Å²) >= 11 is 0. The summed E-state index contributed by atoms with van der Waals surface area (Å²) < 4.78 is 0. The molecule has 1 aliphatic rings. The van der Waals surface area contributed by atoms with Gasteiger partial charge in [0.1, 0.15) is 0 Å². The molecule has 2 rings (SSSR count). The van der Waals surface area contributed by atoms with Crippen LogP contribution in [0.1, 0.15) is 13.3 Å². The lowest BCUT2D eigenvalue weighted by atomic mass is 10.1. The molecule has 0 spiro atoms. The Morgan fingerprint density at radius 3 is 2.53 bits per heavy atom. The second-order valence-corrected chi connectivity index (χ2v) is 4.77. The van der Waals surface area contributed by atoms with Gasteiger partial charge in [-0.25, -0.2) is 0 Å². The average Bonchev–Trinajstić information content (AvgIpc) is 2.80. The van der Waals surface area contributed by atoms with Crippen molar-refractivity contribution < 1.29 is 14.7 Å². The van der Waals surface area contributed by atoms with Crippen molar-refractivity contribution in [2.45, 2.75) is 13.3 Å². The van der Waals surface area contributed by atoms with Crippen molar-refractivity contribution in [1.82, 2.24) is 0 Å². The van der Waals surface area contributed by atoms with Crippen molar-refractivity contribution in [3.8, 4) is 0 Å². The minimum atomic E-state index is -0.904. The fourth-order valence-corrected chi connectivity index (χ4v) is 2.19. The smallest absolute Gasteiger partial charge is 0.308 e. The van der Waals surface area contributed by atoms with Crippen molar-refractivity contribution in [2.75, 3.05) is 29.9 Å². The Morgan fingerprint density at radius 2 is 2.05 bits per heavy atom. The van der Waals surface area contributed by atoms with Crippen molar-refractivity contribution >= 4 is 23.3 Å². The van der Waals surface area contributed by atoms with Crippen LogP contribution in [0.5, 0.6) is 0 Å². The molecule has 1 aromatic carbocycles. The fraction of sp³-hybridized carbons (Fsp3) is 0.429. The summed E-state index contributed by atoms with van der Waals surface area (Å²) in [5, 5.41) is 8.96. The van der Waals surface area contributed by atoms with Crippen LogP contribution in [0.4, 0.5) is 11.4 Å². The molecule has 0 unspecified atom stereocenters. The Hall–Kier alpha value is -2.04. The summed E-state index contributed by atoms with van der Waals surface area (Å²) in [5.74, 6) is -1.62. The van der Waals surface area contributed by atoms with E-state index in [1.54, 1.807) is 4.90 Å². The summed E-state index contributed by atoms with van der Waals surface area (Å²) in [4.78, 5) is 26.4. The minimum Gasteiger partial charge on any atom is -0.481 e. The molecule has 1 saturated heterocycles. The zero-order valence-electron chi connectivity index (χ0n) is 11.2. The molecular formula is C14H18N2O3. The Balaban J connectivity index is 2.14. The number of carboxylic acids is 1. The Bertz CT molecular complexity index is 484. The van der Waals surface area contributed by atoms with Gasteiger partial charge in [0.15, 0.2) is 0 Å². The number of carboxylic acid groups (broad SMARTS) is 1. The lowest BCUT2D eigenvalue weighted by Crippen LogP contribution is -2.25. The third kappa shape index (κ3) is 2.70. The van der Waals surface area contributed by atoms with Gasteiger partial charge in [0, 0.05) is 37.9 Å². The molecule has 19 heavy (non-hydrogen) atoms. The van der Waals surface area contributed by atoms with Crippen LogP contribution >= 0.6 is 0 Å². The SMILES string of the molecule is CCN(C)c1ccc(N2C[C@@H](C(=O)O)CC2=O)cc1. The van der Waals surface area contributed by atoms with E-state index in [2.05, 4.69) is 11.8 Å². The molecule has 0 aliphatic carbocycles. The molecule has 1 heterocycles. The number of rotatable bonds is 4. The van der Waals surface area contributed by atoms with Gasteiger partial charge in [0.25, 0.3) is 0 Å². The molecule has 0 radical (unpaired) electrons. The topological polar surface area (TPSA) is 60.9 Å². The van der Waals surface area contributed by atoms with Crippen LogP contribution in [0.3, 0.4) is 0 Å². The van der Waals surface area contributed by atoms with Crippen LogP contribution in [-0.4, -0.2) is 37.1 Å². The average molecular weight is 262 g/mol. The van der Waals surface area contributed by atoms with Crippen molar-refractivity contribution in [1.29, 1.82) is 0 Å². The normalized spacial score (nSPS) is 18.7. The maximum Gasteiger partial charge on any atom is 0.308 e. The molecule has 1 fully saturated rings. The Kier molecular flexibility index (Phi) is 3.74. The van der Waals surface area contributed by atoms with E-state index in [9.17, 15) is 9.59 Å². The van der Waals surface area contributed by atoms with E-state index < -0.39 is 11.9 Å². The molecule has 0 saturated carbocycles. The van der Waals surface area contributed by atoms with Gasteiger partial charge < -0.3 is 14.9 Å². The van der Waals surface area contributed by atoms with Crippen LogP contribution < -0.4 is 9.80 Å². The number of nitrogens with zero attached hydrogens (tertiary/aromatic N) is 2. The molecule has 1 atom stereocenters. The van der Waals surface area contributed by atoms with Crippen LogP contribution in [0, 0.1) is 5.92 Å². The first-order chi connectivity index (χ1) is 9.02. The van der Waals surface area contributed by atoms with Gasteiger partial charge in [-0.05, 0) is 31.2 Å². The first-order valence-corrected chi connectivity index (χ1v) is 6.37. The third-order valence-electron chi connectivity index (χ3n) is 3.55. The van der Waals surface area contributed by atoms with Crippen molar-refractivity contribution in [3.63, 3.8) is 0 Å². The lowest BCUT2D eigenvalue weighted by molar-refractivity contribution is -0.141. The highest BCUT2D eigenvalue weighted by molar-refractivity contribution is 5.99. The van der Waals surface area contributed by atoms with Gasteiger partial charge in [0.2, 0.25) is 5.91 Å². The van der Waals surface area contributed by atoms with Crippen LogP contribution in [0.15, 0.2) is 24.3 Å². The molecule has 1 aliphatic heterocycles. The number of hydrogen-bond donors (Lipinski definition) is 1. The predicted octanol–water partition coefficient (Wildman–Crippen LogP) is 1.58. The van der Waals surface area contributed by atoms with Gasteiger partial charge in [-0.3, -0.25) is 9.59 Å². The van der Waals surface area contributed by atoms with Crippen molar-refractivity contribution in [2.24, 2.45) is 5.92 Å². The molecule has 102 valence electrons. The minimum absolute atomic E-state index is 0.0892. The second-order valence-electron chi connectivity index (χ2n) is 4.77. The van der Waals surface area contributed by atoms with Crippen molar-refractivity contribution in [3.05, 3.63) is 24.3 Å². The van der Waals surface area contributed by atoms with Gasteiger partial charge in [-0.2, -0.15) is 0 Å². The highest BCUT2D eigenvalue weighted by atomic mass is 16.4. The largest absolute Gasteiger partial charge is 0.481 e. The van der Waals surface area contributed by atoms with E-state index in [1.165, 1.54) is 0 Å². The number of amides is 1. The molecule has 1 aromatic rings. The summed E-state index contributed by atoms with van der Waals surface area (Å²) in [5.41, 5.74) is 1.84. The molecule has 0 aromatic heterocycles. The van der Waals surface area contributed by atoms with Crippen LogP contribution in [0.25, 0.3) is 0 Å². The third-order valence-corrected chi connectivity index (χ3v) is 3.55. The second kappa shape index (κ2) is 5.30. The predicted molar refractivity (Wildman–Crippen MR) is 73.5 cm³/mol. The Labute approximate surface area is 112 Å². The standard InChI is InChI=1S/C14H18N2O3/c1-3-15(2)11-4-6-12(7-5-11)16-9-10(14(18)19)8-13(16)17/h4-7,10H,3,8-9H2,1-2H3,(H,18,19)/t10-/m0/s1. The number of anilines is 2. The van der Waals surface area contributed by atoms with Gasteiger partial charge in [-0.15, -0.1) is 0 Å². The Morgan fingerprint density at radius 1 is 1.42 bits per heavy atom. The van der Waals surface area contributed by atoms with E-state index in [0.29, 0.717) is 0 Å².